The van der Waals surface area contributed by atoms with Crippen molar-refractivity contribution in [3.8, 4) is 0 Å². The second-order valence-electron chi connectivity index (χ2n) is 4.10. The molecule has 1 aromatic rings. The lowest BCUT2D eigenvalue weighted by atomic mass is 9.82. The molecular weight excluding hydrogens is 172 g/mol. The molecule has 3 rings (SSSR count). The van der Waals surface area contributed by atoms with E-state index in [4.69, 9.17) is 0 Å². The van der Waals surface area contributed by atoms with Crippen LogP contribution >= 0.6 is 0 Å². The fourth-order valence-corrected chi connectivity index (χ4v) is 2.60. The molecule has 1 nitrogen and oxygen atoms in total. The van der Waals surface area contributed by atoms with Gasteiger partial charge in [0.25, 0.3) is 0 Å². The summed E-state index contributed by atoms with van der Waals surface area (Å²) >= 11 is 0. The third-order valence-electron chi connectivity index (χ3n) is 3.23. The largest absolute Gasteiger partial charge is 0.299 e. The Labute approximate surface area is 83.4 Å². The lowest BCUT2D eigenvalue weighted by molar-refractivity contribution is -0.120. The van der Waals surface area contributed by atoms with E-state index in [0.29, 0.717) is 5.78 Å². The van der Waals surface area contributed by atoms with Crippen molar-refractivity contribution in [1.82, 2.24) is 0 Å². The molecule has 0 spiro atoms. The van der Waals surface area contributed by atoms with E-state index in [-0.39, 0.29) is 5.92 Å². The van der Waals surface area contributed by atoms with Crippen molar-refractivity contribution in [2.75, 3.05) is 0 Å². The van der Waals surface area contributed by atoms with Gasteiger partial charge in [0.15, 0.2) is 0 Å². The number of benzene rings is 1. The Morgan fingerprint density at radius 1 is 1.14 bits per heavy atom. The van der Waals surface area contributed by atoms with Gasteiger partial charge in [-0.1, -0.05) is 35.9 Å². The van der Waals surface area contributed by atoms with E-state index in [1.54, 1.807) is 0 Å². The number of hydrogen-bond acceptors (Lipinski definition) is 1. The quantitative estimate of drug-likeness (QED) is 0.606. The lowest BCUT2D eigenvalue weighted by Gasteiger charge is -2.20. The summed E-state index contributed by atoms with van der Waals surface area (Å²) in [4.78, 5) is 11.8. The lowest BCUT2D eigenvalue weighted by Crippen LogP contribution is -2.17. The van der Waals surface area contributed by atoms with Gasteiger partial charge in [-0.2, -0.15) is 0 Å². The number of ketones is 1. The molecule has 1 unspecified atom stereocenters. The van der Waals surface area contributed by atoms with E-state index in [0.717, 1.165) is 19.3 Å². The Balaban J connectivity index is 2.15. The SMILES string of the molecule is O=C1CCCC2=Cc3ccccc3C12. The van der Waals surface area contributed by atoms with Crippen LogP contribution in [0.5, 0.6) is 0 Å². The van der Waals surface area contributed by atoms with E-state index in [1.807, 2.05) is 12.1 Å². The van der Waals surface area contributed by atoms with Crippen LogP contribution in [0.15, 0.2) is 29.8 Å². The Morgan fingerprint density at radius 3 is 2.93 bits per heavy atom. The zero-order valence-electron chi connectivity index (χ0n) is 7.99. The van der Waals surface area contributed by atoms with Gasteiger partial charge in [0, 0.05) is 6.42 Å². The average Bonchev–Trinajstić information content (AvgIpc) is 2.57. The van der Waals surface area contributed by atoms with Crippen molar-refractivity contribution >= 4 is 11.9 Å². The Hall–Kier alpha value is -1.37. The molecule has 70 valence electrons. The summed E-state index contributed by atoms with van der Waals surface area (Å²) in [6, 6.07) is 8.26. The molecule has 1 fully saturated rings. The fraction of sp³-hybridized carbons (Fsp3) is 0.308. The summed E-state index contributed by atoms with van der Waals surface area (Å²) in [7, 11) is 0. The zero-order chi connectivity index (χ0) is 9.54. The summed E-state index contributed by atoms with van der Waals surface area (Å²) in [6.45, 7) is 0. The molecule has 0 bridgehead atoms. The van der Waals surface area contributed by atoms with E-state index in [1.165, 1.54) is 16.7 Å². The number of Topliss-reactive ketones (excluding diaryl/α,β-unsaturated/α-hetero) is 1. The molecule has 0 heterocycles. The third kappa shape index (κ3) is 0.985. The molecule has 1 saturated carbocycles. The van der Waals surface area contributed by atoms with Crippen LogP contribution in [0.3, 0.4) is 0 Å². The predicted octanol–water partition coefficient (Wildman–Crippen LogP) is 2.92. The predicted molar refractivity (Wildman–Crippen MR) is 56.0 cm³/mol. The summed E-state index contributed by atoms with van der Waals surface area (Å²) in [5.41, 5.74) is 3.82. The van der Waals surface area contributed by atoms with Gasteiger partial charge in [0.1, 0.15) is 5.78 Å². The van der Waals surface area contributed by atoms with E-state index >= 15 is 0 Å². The van der Waals surface area contributed by atoms with Crippen molar-refractivity contribution in [3.05, 3.63) is 41.0 Å². The maximum atomic E-state index is 11.8. The first-order chi connectivity index (χ1) is 6.86. The van der Waals surface area contributed by atoms with Gasteiger partial charge >= 0.3 is 0 Å². The number of fused-ring (bicyclic) bond motifs is 3. The van der Waals surface area contributed by atoms with Crippen molar-refractivity contribution in [1.29, 1.82) is 0 Å². The Bertz CT molecular complexity index is 429. The highest BCUT2D eigenvalue weighted by atomic mass is 16.1. The van der Waals surface area contributed by atoms with Gasteiger partial charge < -0.3 is 0 Å². The number of rotatable bonds is 0. The molecule has 0 amide bonds. The molecular formula is C13H12O. The van der Waals surface area contributed by atoms with Crippen LogP contribution in [0.25, 0.3) is 6.08 Å². The van der Waals surface area contributed by atoms with Gasteiger partial charge in [-0.05, 0) is 24.0 Å². The third-order valence-corrected chi connectivity index (χ3v) is 3.23. The minimum atomic E-state index is 0.111. The number of hydrogen-bond donors (Lipinski definition) is 0. The van der Waals surface area contributed by atoms with Crippen molar-refractivity contribution in [2.24, 2.45) is 0 Å². The monoisotopic (exact) mass is 184 g/mol. The standard InChI is InChI=1S/C13H12O/c14-12-7-3-5-10-8-9-4-1-2-6-11(9)13(10)12/h1-2,4,6,8,13H,3,5,7H2. The molecule has 0 saturated heterocycles. The van der Waals surface area contributed by atoms with Crippen LogP contribution in [0, 0.1) is 0 Å². The van der Waals surface area contributed by atoms with Crippen molar-refractivity contribution < 1.29 is 4.79 Å². The number of carbonyl (C=O) groups is 1. The molecule has 2 aliphatic carbocycles. The Morgan fingerprint density at radius 2 is 2.00 bits per heavy atom. The molecule has 1 aromatic carbocycles. The molecule has 1 heteroatoms. The molecule has 0 aromatic heterocycles. The number of allylic oxidation sites excluding steroid dienone is 1. The molecule has 0 radical (unpaired) electrons. The highest BCUT2D eigenvalue weighted by Gasteiger charge is 2.32. The highest BCUT2D eigenvalue weighted by molar-refractivity contribution is 5.94. The van der Waals surface area contributed by atoms with Crippen LogP contribution in [-0.2, 0) is 4.79 Å². The topological polar surface area (TPSA) is 17.1 Å². The maximum absolute atomic E-state index is 11.8. The fourth-order valence-electron chi connectivity index (χ4n) is 2.60. The van der Waals surface area contributed by atoms with Crippen molar-refractivity contribution in [3.63, 3.8) is 0 Å². The van der Waals surface area contributed by atoms with Gasteiger partial charge in [0.2, 0.25) is 0 Å². The second-order valence-corrected chi connectivity index (χ2v) is 4.10. The minimum Gasteiger partial charge on any atom is -0.299 e. The summed E-state index contributed by atoms with van der Waals surface area (Å²) in [5, 5.41) is 0. The van der Waals surface area contributed by atoms with Crippen molar-refractivity contribution in [2.45, 2.75) is 25.2 Å². The second kappa shape index (κ2) is 2.81. The maximum Gasteiger partial charge on any atom is 0.144 e. The summed E-state index contributed by atoms with van der Waals surface area (Å²) < 4.78 is 0. The van der Waals surface area contributed by atoms with E-state index in [9.17, 15) is 4.79 Å². The first-order valence-corrected chi connectivity index (χ1v) is 5.18. The van der Waals surface area contributed by atoms with Crippen LogP contribution in [0.2, 0.25) is 0 Å². The molecule has 1 atom stereocenters. The first kappa shape index (κ1) is 7.98. The van der Waals surface area contributed by atoms with Crippen LogP contribution in [-0.4, -0.2) is 5.78 Å². The van der Waals surface area contributed by atoms with Crippen LogP contribution in [0.4, 0.5) is 0 Å². The van der Waals surface area contributed by atoms with Gasteiger partial charge in [-0.3, -0.25) is 4.79 Å². The van der Waals surface area contributed by atoms with E-state index in [2.05, 4.69) is 18.2 Å². The smallest absolute Gasteiger partial charge is 0.144 e. The van der Waals surface area contributed by atoms with Crippen LogP contribution < -0.4 is 0 Å². The van der Waals surface area contributed by atoms with Gasteiger partial charge in [-0.15, -0.1) is 0 Å². The average molecular weight is 184 g/mol. The summed E-state index contributed by atoms with van der Waals surface area (Å²) in [5.74, 6) is 0.521. The van der Waals surface area contributed by atoms with E-state index < -0.39 is 0 Å². The normalized spacial score (nSPS) is 24.1. The summed E-state index contributed by atoms with van der Waals surface area (Å²) in [6.07, 6.45) is 5.10. The number of carbonyl (C=O) groups excluding carboxylic acids is 1. The molecule has 14 heavy (non-hydrogen) atoms. The molecule has 0 N–H and O–H groups in total. The van der Waals surface area contributed by atoms with Gasteiger partial charge in [0.05, 0.1) is 5.92 Å². The zero-order valence-corrected chi connectivity index (χ0v) is 7.99. The Kier molecular flexibility index (Phi) is 1.60. The van der Waals surface area contributed by atoms with Crippen LogP contribution in [0.1, 0.15) is 36.3 Å². The van der Waals surface area contributed by atoms with Gasteiger partial charge in [-0.25, -0.2) is 0 Å². The highest BCUT2D eigenvalue weighted by Crippen LogP contribution is 2.42. The minimum absolute atomic E-state index is 0.111. The first-order valence-electron chi connectivity index (χ1n) is 5.18. The molecule has 2 aliphatic rings. The molecule has 0 aliphatic heterocycles.